The number of hydrogen-bond acceptors (Lipinski definition) is 4. The van der Waals surface area contributed by atoms with Crippen LogP contribution in [-0.4, -0.2) is 24.6 Å². The number of nitrogens with two attached hydrogens (primary N) is 1. The molecule has 2 N–H and O–H groups in total. The summed E-state index contributed by atoms with van der Waals surface area (Å²) in [5, 5.41) is -0.144. The summed E-state index contributed by atoms with van der Waals surface area (Å²) in [7, 11) is 1.60. The first kappa shape index (κ1) is 18.5. The molecule has 0 aromatic heterocycles. The van der Waals surface area contributed by atoms with Crippen LogP contribution in [0.4, 0.5) is 0 Å². The highest BCUT2D eigenvalue weighted by Crippen LogP contribution is 2.34. The van der Waals surface area contributed by atoms with Crippen molar-refractivity contribution in [1.29, 1.82) is 0 Å². The molecule has 24 heavy (non-hydrogen) atoms. The van der Waals surface area contributed by atoms with E-state index in [1.807, 2.05) is 36.4 Å². The largest absolute Gasteiger partial charge is 0.497 e. The van der Waals surface area contributed by atoms with Crippen molar-refractivity contribution in [1.82, 2.24) is 0 Å². The van der Waals surface area contributed by atoms with Crippen LogP contribution in [0.15, 0.2) is 53.0 Å². The highest BCUT2D eigenvalue weighted by Gasteiger charge is 2.19. The molecular weight excluding hydrogens is 390 g/mol. The van der Waals surface area contributed by atoms with E-state index in [0.717, 1.165) is 15.8 Å². The van der Waals surface area contributed by atoms with Crippen molar-refractivity contribution in [2.45, 2.75) is 11.7 Å². The van der Waals surface area contributed by atoms with E-state index in [1.165, 1.54) is 11.8 Å². The lowest BCUT2D eigenvalue weighted by atomic mass is 10.0. The molecule has 1 atom stereocenters. The average molecular weight is 408 g/mol. The maximum atomic E-state index is 12.6. The van der Waals surface area contributed by atoms with Gasteiger partial charge in [0.1, 0.15) is 5.75 Å². The van der Waals surface area contributed by atoms with Crippen LogP contribution in [0, 0.1) is 0 Å². The number of ketones is 1. The van der Waals surface area contributed by atoms with Gasteiger partial charge in [0.15, 0.2) is 5.78 Å². The minimum atomic E-state index is -0.395. The Morgan fingerprint density at radius 2 is 1.92 bits per heavy atom. The van der Waals surface area contributed by atoms with E-state index in [4.69, 9.17) is 10.5 Å². The Hall–Kier alpha value is -1.79. The number of methoxy groups -OCH3 is 1. The normalized spacial score (nSPS) is 11.8. The van der Waals surface area contributed by atoms with Gasteiger partial charge >= 0.3 is 0 Å². The maximum absolute atomic E-state index is 12.6. The van der Waals surface area contributed by atoms with E-state index in [1.54, 1.807) is 19.2 Å². The molecule has 0 heterocycles. The molecule has 2 aromatic carbocycles. The fourth-order valence-corrected chi connectivity index (χ4v) is 3.61. The van der Waals surface area contributed by atoms with Crippen LogP contribution in [0.5, 0.6) is 5.75 Å². The summed E-state index contributed by atoms with van der Waals surface area (Å²) < 4.78 is 6.02. The van der Waals surface area contributed by atoms with Gasteiger partial charge in [-0.25, -0.2) is 0 Å². The molecule has 0 bridgehead atoms. The van der Waals surface area contributed by atoms with Crippen LogP contribution >= 0.6 is 27.7 Å². The molecule has 0 radical (unpaired) electrons. The van der Waals surface area contributed by atoms with E-state index >= 15 is 0 Å². The van der Waals surface area contributed by atoms with E-state index in [9.17, 15) is 9.59 Å². The number of hydrogen-bond donors (Lipinski definition) is 1. The Morgan fingerprint density at radius 1 is 1.21 bits per heavy atom. The summed E-state index contributed by atoms with van der Waals surface area (Å²) in [6, 6.07) is 14.8. The third-order valence-corrected chi connectivity index (χ3v) is 5.22. The second kappa shape index (κ2) is 8.89. The van der Waals surface area contributed by atoms with Gasteiger partial charge in [-0.1, -0.05) is 40.2 Å². The van der Waals surface area contributed by atoms with Crippen LogP contribution in [0.2, 0.25) is 0 Å². The molecule has 0 aliphatic heterocycles. The molecule has 6 heteroatoms. The van der Waals surface area contributed by atoms with Crippen molar-refractivity contribution in [3.05, 3.63) is 64.1 Å². The zero-order valence-corrected chi connectivity index (χ0v) is 15.6. The molecule has 4 nitrogen and oxygen atoms in total. The van der Waals surface area contributed by atoms with Gasteiger partial charge in [0.05, 0.1) is 12.9 Å². The Kier molecular flexibility index (Phi) is 6.87. The van der Waals surface area contributed by atoms with Crippen LogP contribution in [-0.2, 0) is 4.79 Å². The van der Waals surface area contributed by atoms with Gasteiger partial charge in [-0.2, -0.15) is 0 Å². The summed E-state index contributed by atoms with van der Waals surface area (Å²) in [6.45, 7) is 0. The molecule has 0 aliphatic carbocycles. The number of carbonyl (C=O) groups excluding carboxylic acids is 2. The monoisotopic (exact) mass is 407 g/mol. The quantitative estimate of drug-likeness (QED) is 0.671. The summed E-state index contributed by atoms with van der Waals surface area (Å²) in [5.74, 6) is 0.542. The first-order valence-electron chi connectivity index (χ1n) is 7.32. The second-order valence-electron chi connectivity index (χ2n) is 5.18. The van der Waals surface area contributed by atoms with Crippen LogP contribution < -0.4 is 10.5 Å². The summed E-state index contributed by atoms with van der Waals surface area (Å²) in [6.07, 6.45) is 0.292. The zero-order valence-electron chi connectivity index (χ0n) is 13.2. The van der Waals surface area contributed by atoms with Crippen molar-refractivity contribution in [2.24, 2.45) is 5.73 Å². The third-order valence-electron chi connectivity index (χ3n) is 3.43. The van der Waals surface area contributed by atoms with Crippen LogP contribution in [0.1, 0.15) is 27.6 Å². The number of rotatable bonds is 8. The number of primary amides is 1. The molecular formula is C18H18BrNO3S. The van der Waals surface area contributed by atoms with Crippen LogP contribution in [0.3, 0.4) is 0 Å². The minimum Gasteiger partial charge on any atom is -0.497 e. The molecule has 0 fully saturated rings. The van der Waals surface area contributed by atoms with Crippen LogP contribution in [0.25, 0.3) is 0 Å². The lowest BCUT2D eigenvalue weighted by Crippen LogP contribution is -2.15. The first-order chi connectivity index (χ1) is 11.5. The van der Waals surface area contributed by atoms with E-state index in [2.05, 4.69) is 15.9 Å². The Balaban J connectivity index is 2.18. The van der Waals surface area contributed by atoms with E-state index in [-0.39, 0.29) is 16.8 Å². The van der Waals surface area contributed by atoms with Gasteiger partial charge in [0.25, 0.3) is 0 Å². The zero-order chi connectivity index (χ0) is 17.5. The van der Waals surface area contributed by atoms with Crippen molar-refractivity contribution in [3.63, 3.8) is 0 Å². The number of Topliss-reactive ketones (excluding diaryl/α,β-unsaturated/α-hetero) is 1. The Labute approximate surface area is 153 Å². The minimum absolute atomic E-state index is 0.0223. The first-order valence-corrected chi connectivity index (χ1v) is 9.16. The molecule has 1 amide bonds. The summed E-state index contributed by atoms with van der Waals surface area (Å²) in [4.78, 5) is 23.7. The Morgan fingerprint density at radius 3 is 2.50 bits per heavy atom. The number of amides is 1. The number of ether oxygens (including phenoxy) is 1. The fourth-order valence-electron chi connectivity index (χ4n) is 2.22. The van der Waals surface area contributed by atoms with Crippen molar-refractivity contribution in [2.75, 3.05) is 12.9 Å². The van der Waals surface area contributed by atoms with E-state index < -0.39 is 5.91 Å². The van der Waals surface area contributed by atoms with Crippen molar-refractivity contribution >= 4 is 39.4 Å². The standard InChI is InChI=1S/C18H18BrNO3S/c1-23-15-7-5-12(6-8-15)17(24-11-18(20)22)10-16(21)13-3-2-4-14(19)9-13/h2-9,17H,10-11H2,1H3,(H2,20,22). The third kappa shape index (κ3) is 5.39. The Bertz CT molecular complexity index is 718. The summed E-state index contributed by atoms with van der Waals surface area (Å²) in [5.41, 5.74) is 6.86. The maximum Gasteiger partial charge on any atom is 0.227 e. The van der Waals surface area contributed by atoms with Gasteiger partial charge in [0, 0.05) is 21.7 Å². The molecule has 0 saturated carbocycles. The summed E-state index contributed by atoms with van der Waals surface area (Å²) >= 11 is 4.75. The topological polar surface area (TPSA) is 69.4 Å². The molecule has 0 aliphatic rings. The molecule has 0 spiro atoms. The predicted octanol–water partition coefficient (Wildman–Crippen LogP) is 3.99. The van der Waals surface area contributed by atoms with Gasteiger partial charge in [-0.3, -0.25) is 9.59 Å². The smallest absolute Gasteiger partial charge is 0.227 e. The molecule has 0 saturated heterocycles. The van der Waals surface area contributed by atoms with Gasteiger partial charge in [-0.15, -0.1) is 11.8 Å². The number of benzene rings is 2. The van der Waals surface area contributed by atoms with Gasteiger partial charge < -0.3 is 10.5 Å². The second-order valence-corrected chi connectivity index (χ2v) is 7.28. The highest BCUT2D eigenvalue weighted by molar-refractivity contribution is 9.10. The number of carbonyl (C=O) groups is 2. The molecule has 126 valence electrons. The number of thioether (sulfide) groups is 1. The fraction of sp³-hybridized carbons (Fsp3) is 0.222. The lowest BCUT2D eigenvalue weighted by Gasteiger charge is -2.16. The molecule has 2 rings (SSSR count). The molecule has 2 aromatic rings. The van der Waals surface area contributed by atoms with Gasteiger partial charge in [0.2, 0.25) is 5.91 Å². The van der Waals surface area contributed by atoms with E-state index in [0.29, 0.717) is 12.0 Å². The predicted molar refractivity (Wildman–Crippen MR) is 100 cm³/mol. The van der Waals surface area contributed by atoms with Crippen molar-refractivity contribution < 1.29 is 14.3 Å². The van der Waals surface area contributed by atoms with Gasteiger partial charge in [-0.05, 0) is 29.8 Å². The van der Waals surface area contributed by atoms with Crippen molar-refractivity contribution in [3.8, 4) is 5.75 Å². The highest BCUT2D eigenvalue weighted by atomic mass is 79.9. The SMILES string of the molecule is COc1ccc(C(CC(=O)c2cccc(Br)c2)SCC(N)=O)cc1. The molecule has 1 unspecified atom stereocenters. The average Bonchev–Trinajstić information content (AvgIpc) is 2.58. The lowest BCUT2D eigenvalue weighted by molar-refractivity contribution is -0.115. The number of halogens is 1.